The molecule has 0 bridgehead atoms. The molecule has 1 amide bonds. The number of carbonyl (C=O) groups excluding carboxylic acids is 1. The number of benzene rings is 2. The van der Waals surface area contributed by atoms with Crippen LogP contribution in [0.2, 0.25) is 0 Å². The Hall–Kier alpha value is -4.27. The number of piperazine rings is 1. The van der Waals surface area contributed by atoms with Crippen molar-refractivity contribution in [1.29, 1.82) is 5.26 Å². The van der Waals surface area contributed by atoms with Gasteiger partial charge in [-0.05, 0) is 56.4 Å². The lowest BCUT2D eigenvalue weighted by Gasteiger charge is -2.55. The SMILES string of the molecule is Cc1cccc2cccc(N3Cc4c(c(N5CCN(C(=O)/C=C/CF)[C@@H](CC#N)C5)nc(=O)n4C[C@@H]4CCCN4C)CC34COC4)c12. The Morgan fingerprint density at radius 2 is 1.98 bits per heavy atom. The summed E-state index contributed by atoms with van der Waals surface area (Å²) in [5.74, 6) is 0.343. The van der Waals surface area contributed by atoms with Crippen molar-refractivity contribution in [2.45, 2.75) is 63.3 Å². The van der Waals surface area contributed by atoms with E-state index < -0.39 is 12.7 Å². The quantitative estimate of drug-likeness (QED) is 0.362. The minimum absolute atomic E-state index is 0.130. The number of fused-ring (bicyclic) bond motifs is 2. The number of nitriles is 1. The molecule has 47 heavy (non-hydrogen) atoms. The fourth-order valence-corrected chi connectivity index (χ4v) is 8.13. The van der Waals surface area contributed by atoms with Crippen LogP contribution in [0.15, 0.2) is 53.3 Å². The summed E-state index contributed by atoms with van der Waals surface area (Å²) in [5.41, 5.74) is 3.81. The van der Waals surface area contributed by atoms with Gasteiger partial charge in [0.1, 0.15) is 12.5 Å². The molecule has 3 fully saturated rings. The van der Waals surface area contributed by atoms with Gasteiger partial charge in [-0.3, -0.25) is 9.36 Å². The number of likely N-dealkylation sites (N-methyl/N-ethyl adjacent to an activating group) is 1. The van der Waals surface area contributed by atoms with Crippen molar-refractivity contribution in [3.63, 3.8) is 0 Å². The third-order valence-corrected chi connectivity index (χ3v) is 10.7. The maximum atomic E-state index is 14.1. The van der Waals surface area contributed by atoms with Gasteiger partial charge in [-0.2, -0.15) is 10.2 Å². The van der Waals surface area contributed by atoms with Gasteiger partial charge in [-0.15, -0.1) is 0 Å². The fraction of sp³-hybridized carbons (Fsp3) is 0.500. The average molecular weight is 640 g/mol. The number of carbonyl (C=O) groups is 1. The van der Waals surface area contributed by atoms with Gasteiger partial charge in [0.05, 0.1) is 43.8 Å². The van der Waals surface area contributed by atoms with Crippen LogP contribution in [0, 0.1) is 18.3 Å². The number of ether oxygens (including phenoxy) is 1. The van der Waals surface area contributed by atoms with E-state index >= 15 is 0 Å². The molecular formula is C36H42FN7O3. The number of alkyl halides is 1. The Balaban J connectivity index is 1.33. The van der Waals surface area contributed by atoms with Crippen LogP contribution in [0.4, 0.5) is 15.9 Å². The van der Waals surface area contributed by atoms with Crippen LogP contribution in [-0.2, 0) is 29.0 Å². The first-order valence-corrected chi connectivity index (χ1v) is 16.6. The van der Waals surface area contributed by atoms with Gasteiger partial charge < -0.3 is 24.3 Å². The molecule has 1 aromatic heterocycles. The highest BCUT2D eigenvalue weighted by Crippen LogP contribution is 2.44. The summed E-state index contributed by atoms with van der Waals surface area (Å²) in [7, 11) is 2.13. The van der Waals surface area contributed by atoms with Crippen LogP contribution in [0.1, 0.15) is 36.1 Å². The molecule has 0 unspecified atom stereocenters. The van der Waals surface area contributed by atoms with E-state index in [1.165, 1.54) is 28.5 Å². The molecule has 2 atom stereocenters. The lowest BCUT2D eigenvalue weighted by Crippen LogP contribution is -2.66. The third-order valence-electron chi connectivity index (χ3n) is 10.7. The molecule has 4 aliphatic rings. The molecule has 5 heterocycles. The van der Waals surface area contributed by atoms with Crippen LogP contribution in [0.5, 0.6) is 0 Å². The molecule has 0 N–H and O–H groups in total. The van der Waals surface area contributed by atoms with Crippen molar-refractivity contribution in [2.24, 2.45) is 0 Å². The number of hydrogen-bond donors (Lipinski definition) is 0. The molecule has 7 rings (SSSR count). The number of allylic oxidation sites excluding steroid dienone is 1. The van der Waals surface area contributed by atoms with E-state index in [1.807, 2.05) is 4.57 Å². The van der Waals surface area contributed by atoms with Crippen LogP contribution in [-0.4, -0.2) is 96.0 Å². The highest BCUT2D eigenvalue weighted by atomic mass is 19.1. The fourth-order valence-electron chi connectivity index (χ4n) is 8.13. The summed E-state index contributed by atoms with van der Waals surface area (Å²) in [5, 5.41) is 12.0. The van der Waals surface area contributed by atoms with Gasteiger partial charge in [-0.25, -0.2) is 9.18 Å². The molecule has 3 saturated heterocycles. The highest BCUT2D eigenvalue weighted by Gasteiger charge is 2.50. The van der Waals surface area contributed by atoms with Crippen LogP contribution in [0.25, 0.3) is 10.8 Å². The predicted octanol–water partition coefficient (Wildman–Crippen LogP) is 3.59. The second-order valence-electron chi connectivity index (χ2n) is 13.5. The highest BCUT2D eigenvalue weighted by molar-refractivity contribution is 5.97. The molecular weight excluding hydrogens is 597 g/mol. The van der Waals surface area contributed by atoms with E-state index in [4.69, 9.17) is 9.72 Å². The van der Waals surface area contributed by atoms with Gasteiger partial charge in [0.15, 0.2) is 0 Å². The maximum absolute atomic E-state index is 14.1. The average Bonchev–Trinajstić information content (AvgIpc) is 3.47. The molecule has 1 spiro atoms. The number of anilines is 2. The summed E-state index contributed by atoms with van der Waals surface area (Å²) in [4.78, 5) is 40.3. The normalized spacial score (nSPS) is 22.6. The molecule has 0 aliphatic carbocycles. The van der Waals surface area contributed by atoms with Crippen molar-refractivity contribution < 1.29 is 13.9 Å². The number of amides is 1. The second kappa shape index (κ2) is 12.7. The van der Waals surface area contributed by atoms with Gasteiger partial charge >= 0.3 is 5.69 Å². The maximum Gasteiger partial charge on any atom is 0.349 e. The topological polar surface area (TPSA) is 97.9 Å². The number of aromatic nitrogens is 2. The van der Waals surface area contributed by atoms with Crippen molar-refractivity contribution in [3.8, 4) is 6.07 Å². The monoisotopic (exact) mass is 639 g/mol. The van der Waals surface area contributed by atoms with E-state index in [0.29, 0.717) is 58.2 Å². The molecule has 246 valence electrons. The molecule has 10 nitrogen and oxygen atoms in total. The lowest BCUT2D eigenvalue weighted by molar-refractivity contribution is -0.128. The molecule has 11 heteroatoms. The molecule has 2 aromatic carbocycles. The zero-order chi connectivity index (χ0) is 32.7. The number of aryl methyl sites for hydroxylation is 1. The standard InChI is InChI=1S/C36H42FN7O3/c1-25-7-3-8-26-9-4-11-30(33(25)26)44-22-31-29(19-36(44)23-47-24-36)34(39-35(46)43(31)21-27-10-6-16-40(27)2)41-17-18-42(28(20-41)13-15-38)32(45)12-5-14-37/h3-5,7-9,11-12,27-28H,6,10,13-14,16-24H2,1-2H3/b12-5+/t27-,28-/m0/s1. The summed E-state index contributed by atoms with van der Waals surface area (Å²) in [6.07, 6.45) is 5.37. The summed E-state index contributed by atoms with van der Waals surface area (Å²) in [6, 6.07) is 14.9. The van der Waals surface area contributed by atoms with E-state index in [9.17, 15) is 19.2 Å². The summed E-state index contributed by atoms with van der Waals surface area (Å²) < 4.78 is 20.6. The second-order valence-corrected chi connectivity index (χ2v) is 13.5. The molecule has 0 saturated carbocycles. The minimum atomic E-state index is -0.724. The van der Waals surface area contributed by atoms with E-state index in [1.54, 1.807) is 4.90 Å². The number of rotatable bonds is 7. The smallest absolute Gasteiger partial charge is 0.349 e. The van der Waals surface area contributed by atoms with Crippen LogP contribution < -0.4 is 15.5 Å². The van der Waals surface area contributed by atoms with Crippen LogP contribution in [0.3, 0.4) is 0 Å². The molecule has 3 aromatic rings. The summed E-state index contributed by atoms with van der Waals surface area (Å²) >= 11 is 0. The van der Waals surface area contributed by atoms with Crippen molar-refractivity contribution in [1.82, 2.24) is 19.4 Å². The van der Waals surface area contributed by atoms with Gasteiger partial charge in [0.2, 0.25) is 5.91 Å². The van der Waals surface area contributed by atoms with Gasteiger partial charge in [0, 0.05) is 67.0 Å². The lowest BCUT2D eigenvalue weighted by atomic mass is 9.81. The Morgan fingerprint density at radius 3 is 2.68 bits per heavy atom. The Bertz CT molecular complexity index is 1810. The largest absolute Gasteiger partial charge is 0.376 e. The Morgan fingerprint density at radius 1 is 1.17 bits per heavy atom. The first-order valence-electron chi connectivity index (χ1n) is 16.6. The zero-order valence-corrected chi connectivity index (χ0v) is 27.2. The van der Waals surface area contributed by atoms with E-state index in [2.05, 4.69) is 71.1 Å². The van der Waals surface area contributed by atoms with Crippen LogP contribution >= 0.6 is 0 Å². The van der Waals surface area contributed by atoms with Gasteiger partial charge in [-0.1, -0.05) is 30.3 Å². The van der Waals surface area contributed by atoms with Gasteiger partial charge in [0.25, 0.3) is 0 Å². The number of nitrogens with zero attached hydrogens (tertiary/aromatic N) is 7. The number of likely N-dealkylation sites (tertiary alicyclic amines) is 1. The molecule has 4 aliphatic heterocycles. The van der Waals surface area contributed by atoms with E-state index in [-0.39, 0.29) is 29.6 Å². The van der Waals surface area contributed by atoms with Crippen molar-refractivity contribution in [2.75, 3.05) is 62.9 Å². The third kappa shape index (κ3) is 5.57. The summed E-state index contributed by atoms with van der Waals surface area (Å²) in [6.45, 7) is 5.88. The Kier molecular flexibility index (Phi) is 8.49. The Labute approximate surface area is 274 Å². The number of halogens is 1. The van der Waals surface area contributed by atoms with Crippen molar-refractivity contribution in [3.05, 3.63) is 75.9 Å². The van der Waals surface area contributed by atoms with Crippen molar-refractivity contribution >= 4 is 28.2 Å². The predicted molar refractivity (Wildman–Crippen MR) is 179 cm³/mol. The first kappa shape index (κ1) is 31.3. The minimum Gasteiger partial charge on any atom is -0.376 e. The zero-order valence-electron chi connectivity index (χ0n) is 27.2. The number of hydrogen-bond acceptors (Lipinski definition) is 8. The first-order chi connectivity index (χ1) is 22.8. The van der Waals surface area contributed by atoms with E-state index in [0.717, 1.165) is 36.3 Å². The molecule has 0 radical (unpaired) electrons.